The lowest BCUT2D eigenvalue weighted by molar-refractivity contribution is -0.123. The number of aromatic nitrogens is 1. The molecule has 4 rings (SSSR count). The summed E-state index contributed by atoms with van der Waals surface area (Å²) in [5.74, 6) is -0.0769. The first-order valence-corrected chi connectivity index (χ1v) is 8.91. The highest BCUT2D eigenvalue weighted by Crippen LogP contribution is 2.29. The molecule has 2 atom stereocenters. The number of hydrogen-bond acceptors (Lipinski definition) is 2. The smallest absolute Gasteiger partial charge is 0.237 e. The summed E-state index contributed by atoms with van der Waals surface area (Å²) in [4.78, 5) is 15.9. The maximum absolute atomic E-state index is 12.6. The Morgan fingerprint density at radius 2 is 1.96 bits per heavy atom. The van der Waals surface area contributed by atoms with Crippen molar-refractivity contribution in [2.45, 2.75) is 37.8 Å². The number of fused-ring (bicyclic) bond motifs is 2. The minimum Gasteiger partial charge on any atom is -0.361 e. The van der Waals surface area contributed by atoms with E-state index in [-0.39, 0.29) is 24.4 Å². The lowest BCUT2D eigenvalue weighted by atomic mass is 9.87. The third-order valence-corrected chi connectivity index (χ3v) is 5.14. The van der Waals surface area contributed by atoms with Gasteiger partial charge in [-0.25, -0.2) is 0 Å². The summed E-state index contributed by atoms with van der Waals surface area (Å²) in [5, 5.41) is 4.29. The van der Waals surface area contributed by atoms with E-state index < -0.39 is 6.04 Å². The van der Waals surface area contributed by atoms with E-state index in [1.165, 1.54) is 11.1 Å². The molecular weight excluding hydrogens is 346 g/mol. The Kier molecular flexibility index (Phi) is 5.64. The molecule has 136 valence electrons. The van der Waals surface area contributed by atoms with E-state index >= 15 is 0 Å². The van der Waals surface area contributed by atoms with Crippen LogP contribution in [0.15, 0.2) is 54.7 Å². The van der Waals surface area contributed by atoms with Crippen molar-refractivity contribution >= 4 is 29.2 Å². The van der Waals surface area contributed by atoms with Crippen LogP contribution in [-0.2, 0) is 17.6 Å². The second-order valence-corrected chi connectivity index (χ2v) is 6.82. The second kappa shape index (κ2) is 7.94. The monoisotopic (exact) mass is 369 g/mol. The van der Waals surface area contributed by atoms with Gasteiger partial charge in [-0.2, -0.15) is 0 Å². The fourth-order valence-electron chi connectivity index (χ4n) is 3.81. The number of hydrogen-bond donors (Lipinski definition) is 3. The van der Waals surface area contributed by atoms with Crippen molar-refractivity contribution in [2.75, 3.05) is 0 Å². The molecule has 3 aromatic rings. The normalized spacial score (nSPS) is 17.2. The van der Waals surface area contributed by atoms with Crippen LogP contribution in [0, 0.1) is 0 Å². The number of rotatable bonds is 4. The number of para-hydroxylation sites is 1. The zero-order chi connectivity index (χ0) is 17.2. The molecule has 1 amide bonds. The highest BCUT2D eigenvalue weighted by molar-refractivity contribution is 5.86. The van der Waals surface area contributed by atoms with E-state index in [0.717, 1.165) is 35.7 Å². The first-order chi connectivity index (χ1) is 12.2. The zero-order valence-electron chi connectivity index (χ0n) is 14.6. The van der Waals surface area contributed by atoms with Crippen molar-refractivity contribution in [1.82, 2.24) is 10.3 Å². The molecule has 0 bridgehead atoms. The average Bonchev–Trinajstić information content (AvgIpc) is 3.05. The third-order valence-electron chi connectivity index (χ3n) is 5.14. The summed E-state index contributed by atoms with van der Waals surface area (Å²) in [5.41, 5.74) is 10.9. The zero-order valence-corrected chi connectivity index (χ0v) is 15.4. The Bertz CT molecular complexity index is 905. The molecule has 5 heteroatoms. The maximum atomic E-state index is 12.6. The van der Waals surface area contributed by atoms with E-state index in [9.17, 15) is 4.79 Å². The summed E-state index contributed by atoms with van der Waals surface area (Å²) in [6, 6.07) is 16.0. The van der Waals surface area contributed by atoms with Gasteiger partial charge in [-0.3, -0.25) is 4.79 Å². The molecule has 26 heavy (non-hydrogen) atoms. The number of amides is 1. The van der Waals surface area contributed by atoms with Crippen LogP contribution in [0.5, 0.6) is 0 Å². The molecule has 0 saturated carbocycles. The maximum Gasteiger partial charge on any atom is 0.237 e. The number of carbonyl (C=O) groups excluding carboxylic acids is 1. The molecule has 0 aliphatic heterocycles. The lowest BCUT2D eigenvalue weighted by Crippen LogP contribution is -2.44. The Balaban J connectivity index is 0.00000196. The van der Waals surface area contributed by atoms with Gasteiger partial charge in [-0.1, -0.05) is 42.5 Å². The molecule has 0 saturated heterocycles. The summed E-state index contributed by atoms with van der Waals surface area (Å²) in [7, 11) is 0. The van der Waals surface area contributed by atoms with Crippen LogP contribution in [0.2, 0.25) is 0 Å². The van der Waals surface area contributed by atoms with E-state index in [4.69, 9.17) is 5.73 Å². The average molecular weight is 370 g/mol. The number of nitrogens with two attached hydrogens (primary N) is 1. The third kappa shape index (κ3) is 3.62. The number of benzene rings is 2. The first kappa shape index (κ1) is 18.5. The number of halogens is 1. The molecule has 1 heterocycles. The van der Waals surface area contributed by atoms with Crippen molar-refractivity contribution in [3.05, 3.63) is 71.4 Å². The number of H-pyrrole nitrogens is 1. The summed E-state index contributed by atoms with van der Waals surface area (Å²) in [6.45, 7) is 0. The molecule has 0 radical (unpaired) electrons. The van der Waals surface area contributed by atoms with E-state index in [2.05, 4.69) is 34.6 Å². The van der Waals surface area contributed by atoms with Crippen molar-refractivity contribution in [2.24, 2.45) is 5.73 Å². The van der Waals surface area contributed by atoms with Gasteiger partial charge in [0, 0.05) is 17.1 Å². The van der Waals surface area contributed by atoms with Gasteiger partial charge in [0.15, 0.2) is 0 Å². The minimum absolute atomic E-state index is 0. The standard InChI is InChI=1S/C21H23N3O.ClH/c22-18(12-15-13-23-19-10-4-3-9-17(15)19)21(25)24-20-11-5-7-14-6-1-2-8-16(14)20;/h1-4,6,8-10,13,18,20,23H,5,7,11-12,22H2,(H,24,25);1H/t18-,20?;/m0./s1. The molecular formula is C21H24ClN3O. The molecule has 0 fully saturated rings. The molecule has 4 nitrogen and oxygen atoms in total. The van der Waals surface area contributed by atoms with Crippen LogP contribution in [0.4, 0.5) is 0 Å². The highest BCUT2D eigenvalue weighted by atomic mass is 35.5. The van der Waals surface area contributed by atoms with Crippen LogP contribution in [0.3, 0.4) is 0 Å². The van der Waals surface area contributed by atoms with Crippen molar-refractivity contribution in [3.63, 3.8) is 0 Å². The summed E-state index contributed by atoms with van der Waals surface area (Å²) < 4.78 is 0. The van der Waals surface area contributed by atoms with Crippen molar-refractivity contribution in [1.29, 1.82) is 0 Å². The number of carbonyl (C=O) groups is 1. The van der Waals surface area contributed by atoms with Crippen LogP contribution < -0.4 is 11.1 Å². The fraction of sp³-hybridized carbons (Fsp3) is 0.286. The van der Waals surface area contributed by atoms with Crippen molar-refractivity contribution < 1.29 is 4.79 Å². The summed E-state index contributed by atoms with van der Waals surface area (Å²) >= 11 is 0. The van der Waals surface area contributed by atoms with E-state index in [0.29, 0.717) is 6.42 Å². The molecule has 1 aliphatic rings. The van der Waals surface area contributed by atoms with Crippen LogP contribution in [0.1, 0.15) is 35.6 Å². The first-order valence-electron chi connectivity index (χ1n) is 8.91. The Labute approximate surface area is 159 Å². The van der Waals surface area contributed by atoms with Gasteiger partial charge in [-0.05, 0) is 48.4 Å². The van der Waals surface area contributed by atoms with Gasteiger partial charge in [0.05, 0.1) is 12.1 Å². The van der Waals surface area contributed by atoms with Gasteiger partial charge < -0.3 is 16.0 Å². The highest BCUT2D eigenvalue weighted by Gasteiger charge is 2.24. The van der Waals surface area contributed by atoms with Gasteiger partial charge in [-0.15, -0.1) is 12.4 Å². The molecule has 1 unspecified atom stereocenters. The molecule has 1 aliphatic carbocycles. The summed E-state index contributed by atoms with van der Waals surface area (Å²) in [6.07, 6.45) is 5.64. The van der Waals surface area contributed by atoms with E-state index in [1.807, 2.05) is 30.5 Å². The number of aromatic amines is 1. The van der Waals surface area contributed by atoms with Crippen LogP contribution in [-0.4, -0.2) is 16.9 Å². The SMILES string of the molecule is Cl.N[C@@H](Cc1c[nH]c2ccccc12)C(=O)NC1CCCc2ccccc21. The Hall–Kier alpha value is -2.30. The number of nitrogens with one attached hydrogen (secondary N) is 2. The van der Waals surface area contributed by atoms with Crippen LogP contribution in [0.25, 0.3) is 10.9 Å². The lowest BCUT2D eigenvalue weighted by Gasteiger charge is -2.27. The molecule has 1 aromatic heterocycles. The van der Waals surface area contributed by atoms with Gasteiger partial charge in [0.2, 0.25) is 5.91 Å². The molecule has 2 aromatic carbocycles. The predicted octanol–water partition coefficient (Wildman–Crippen LogP) is 3.65. The minimum atomic E-state index is -0.548. The quantitative estimate of drug-likeness (QED) is 0.656. The van der Waals surface area contributed by atoms with Gasteiger partial charge >= 0.3 is 0 Å². The second-order valence-electron chi connectivity index (χ2n) is 6.82. The van der Waals surface area contributed by atoms with Gasteiger partial charge in [0.1, 0.15) is 0 Å². The predicted molar refractivity (Wildman–Crippen MR) is 107 cm³/mol. The Morgan fingerprint density at radius 3 is 2.85 bits per heavy atom. The molecule has 0 spiro atoms. The topological polar surface area (TPSA) is 70.9 Å². The van der Waals surface area contributed by atoms with Gasteiger partial charge in [0.25, 0.3) is 0 Å². The van der Waals surface area contributed by atoms with Crippen molar-refractivity contribution in [3.8, 4) is 0 Å². The largest absolute Gasteiger partial charge is 0.361 e. The van der Waals surface area contributed by atoms with Crippen LogP contribution >= 0.6 is 12.4 Å². The molecule has 4 N–H and O–H groups in total. The Morgan fingerprint density at radius 1 is 1.19 bits per heavy atom. The van der Waals surface area contributed by atoms with E-state index in [1.54, 1.807) is 0 Å². The number of aryl methyl sites for hydroxylation is 1. The fourth-order valence-corrected chi connectivity index (χ4v) is 3.81.